The molecule has 0 aliphatic heterocycles. The van der Waals surface area contributed by atoms with Gasteiger partial charge in [-0.25, -0.2) is 4.79 Å². The first kappa shape index (κ1) is 13.6. The van der Waals surface area contributed by atoms with Gasteiger partial charge in [-0.05, 0) is 46.5 Å². The summed E-state index contributed by atoms with van der Waals surface area (Å²) in [6.07, 6.45) is 1.25. The highest BCUT2D eigenvalue weighted by Crippen LogP contribution is 2.11. The molecule has 0 fully saturated rings. The van der Waals surface area contributed by atoms with Crippen LogP contribution in [0.4, 0.5) is 0 Å². The number of nitrogens with one attached hydrogen (secondary N) is 3. The SMILES string of the molecule is O=C(CCc1ccsc1)NCc1ccc2[nH]c(=O)[nH]c2c1. The van der Waals surface area contributed by atoms with Gasteiger partial charge >= 0.3 is 5.69 Å². The molecule has 0 radical (unpaired) electrons. The van der Waals surface area contributed by atoms with E-state index in [1.165, 1.54) is 5.56 Å². The zero-order valence-electron chi connectivity index (χ0n) is 11.3. The van der Waals surface area contributed by atoms with Crippen LogP contribution in [0.15, 0.2) is 39.8 Å². The van der Waals surface area contributed by atoms with Crippen LogP contribution in [0.5, 0.6) is 0 Å². The lowest BCUT2D eigenvalue weighted by atomic mass is 10.1. The fourth-order valence-corrected chi connectivity index (χ4v) is 2.87. The number of carbonyl (C=O) groups excluding carboxylic acids is 1. The summed E-state index contributed by atoms with van der Waals surface area (Å²) in [5.74, 6) is 0.0314. The highest BCUT2D eigenvalue weighted by molar-refractivity contribution is 7.07. The molecule has 21 heavy (non-hydrogen) atoms. The number of carbonyl (C=O) groups is 1. The summed E-state index contributed by atoms with van der Waals surface area (Å²) in [5.41, 5.74) is 3.46. The van der Waals surface area contributed by atoms with Crippen LogP contribution in [0, 0.1) is 0 Å². The molecule has 0 aliphatic carbocycles. The summed E-state index contributed by atoms with van der Waals surface area (Å²) in [4.78, 5) is 28.4. The molecule has 3 aromatic rings. The van der Waals surface area contributed by atoms with E-state index in [1.54, 1.807) is 11.3 Å². The predicted molar refractivity (Wildman–Crippen MR) is 83.4 cm³/mol. The monoisotopic (exact) mass is 301 g/mol. The lowest BCUT2D eigenvalue weighted by Crippen LogP contribution is -2.22. The van der Waals surface area contributed by atoms with Crippen LogP contribution < -0.4 is 11.0 Å². The van der Waals surface area contributed by atoms with Gasteiger partial charge in [0.05, 0.1) is 11.0 Å². The summed E-state index contributed by atoms with van der Waals surface area (Å²) < 4.78 is 0. The number of fused-ring (bicyclic) bond motifs is 1. The fraction of sp³-hybridized carbons (Fsp3) is 0.200. The minimum atomic E-state index is -0.220. The van der Waals surface area contributed by atoms with E-state index in [1.807, 2.05) is 29.6 Å². The Hall–Kier alpha value is -2.34. The third kappa shape index (κ3) is 3.41. The zero-order valence-corrected chi connectivity index (χ0v) is 12.1. The van der Waals surface area contributed by atoms with Crippen LogP contribution >= 0.6 is 11.3 Å². The van der Waals surface area contributed by atoms with Crippen molar-refractivity contribution in [3.63, 3.8) is 0 Å². The van der Waals surface area contributed by atoms with Crippen molar-refractivity contribution in [2.45, 2.75) is 19.4 Å². The van der Waals surface area contributed by atoms with Gasteiger partial charge in [-0.3, -0.25) is 4.79 Å². The number of rotatable bonds is 5. The van der Waals surface area contributed by atoms with E-state index in [0.717, 1.165) is 23.0 Å². The van der Waals surface area contributed by atoms with Crippen molar-refractivity contribution >= 4 is 28.3 Å². The molecule has 2 aromatic heterocycles. The Balaban J connectivity index is 1.55. The molecule has 0 spiro atoms. The van der Waals surface area contributed by atoms with E-state index in [0.29, 0.717) is 13.0 Å². The minimum Gasteiger partial charge on any atom is -0.352 e. The van der Waals surface area contributed by atoms with Gasteiger partial charge in [0, 0.05) is 13.0 Å². The van der Waals surface area contributed by atoms with Crippen molar-refractivity contribution in [3.05, 3.63) is 56.6 Å². The van der Waals surface area contributed by atoms with Crippen LogP contribution in [0.1, 0.15) is 17.5 Å². The minimum absolute atomic E-state index is 0.0314. The Bertz CT molecular complexity index is 802. The molecule has 0 unspecified atom stereocenters. The van der Waals surface area contributed by atoms with Crippen molar-refractivity contribution in [2.75, 3.05) is 0 Å². The highest BCUT2D eigenvalue weighted by Gasteiger charge is 2.04. The van der Waals surface area contributed by atoms with Crippen LogP contribution in [0.3, 0.4) is 0 Å². The third-order valence-electron chi connectivity index (χ3n) is 3.29. The second-order valence-corrected chi connectivity index (χ2v) is 5.65. The first-order chi connectivity index (χ1) is 10.2. The number of amides is 1. The van der Waals surface area contributed by atoms with E-state index in [9.17, 15) is 9.59 Å². The second kappa shape index (κ2) is 5.97. The van der Waals surface area contributed by atoms with Crippen LogP contribution in [0.25, 0.3) is 11.0 Å². The topological polar surface area (TPSA) is 77.8 Å². The molecule has 3 N–H and O–H groups in total. The van der Waals surface area contributed by atoms with Crippen LogP contribution in [-0.4, -0.2) is 15.9 Å². The number of hydrogen-bond acceptors (Lipinski definition) is 3. The summed E-state index contributed by atoms with van der Waals surface area (Å²) >= 11 is 1.64. The standard InChI is InChI=1S/C15H15N3O2S/c19-14(4-2-10-5-6-21-9-10)16-8-11-1-3-12-13(7-11)18-15(20)17-12/h1,3,5-7,9H,2,4,8H2,(H,16,19)(H2,17,18,20). The van der Waals surface area contributed by atoms with Crippen molar-refractivity contribution in [1.82, 2.24) is 15.3 Å². The number of benzene rings is 1. The number of aryl methyl sites for hydroxylation is 1. The summed E-state index contributed by atoms with van der Waals surface area (Å²) in [6.45, 7) is 0.464. The first-order valence-electron chi connectivity index (χ1n) is 6.69. The number of hydrogen-bond donors (Lipinski definition) is 3. The van der Waals surface area contributed by atoms with Crippen molar-refractivity contribution < 1.29 is 4.79 Å². The maximum atomic E-state index is 11.8. The van der Waals surface area contributed by atoms with Crippen LogP contribution in [0.2, 0.25) is 0 Å². The number of aromatic nitrogens is 2. The number of thiophene rings is 1. The van der Waals surface area contributed by atoms with Gasteiger partial charge < -0.3 is 15.3 Å². The molecule has 1 aromatic carbocycles. The molecule has 6 heteroatoms. The zero-order chi connectivity index (χ0) is 14.7. The van der Waals surface area contributed by atoms with Crippen molar-refractivity contribution in [2.24, 2.45) is 0 Å². The lowest BCUT2D eigenvalue weighted by Gasteiger charge is -2.05. The summed E-state index contributed by atoms with van der Waals surface area (Å²) in [6, 6.07) is 7.63. The van der Waals surface area contributed by atoms with Gasteiger partial charge in [-0.1, -0.05) is 6.07 Å². The maximum Gasteiger partial charge on any atom is 0.323 e. The Kier molecular flexibility index (Phi) is 3.87. The molecule has 108 valence electrons. The largest absolute Gasteiger partial charge is 0.352 e. The van der Waals surface area contributed by atoms with Crippen molar-refractivity contribution in [3.8, 4) is 0 Å². The maximum absolute atomic E-state index is 11.8. The smallest absolute Gasteiger partial charge is 0.323 e. The predicted octanol–water partition coefficient (Wildman–Crippen LogP) is 2.17. The first-order valence-corrected chi connectivity index (χ1v) is 7.64. The average Bonchev–Trinajstić information content (AvgIpc) is 3.10. The number of aromatic amines is 2. The molecule has 2 heterocycles. The number of H-pyrrole nitrogens is 2. The Morgan fingerprint density at radius 3 is 2.81 bits per heavy atom. The quantitative estimate of drug-likeness (QED) is 0.675. The molecule has 1 amide bonds. The second-order valence-electron chi connectivity index (χ2n) is 4.87. The fourth-order valence-electron chi connectivity index (χ4n) is 2.17. The van der Waals surface area contributed by atoms with E-state index in [2.05, 4.69) is 20.7 Å². The van der Waals surface area contributed by atoms with E-state index < -0.39 is 0 Å². The molecule has 0 bridgehead atoms. The molecule has 0 saturated carbocycles. The van der Waals surface area contributed by atoms with Gasteiger partial charge in [0.15, 0.2) is 0 Å². The lowest BCUT2D eigenvalue weighted by molar-refractivity contribution is -0.121. The normalized spacial score (nSPS) is 10.9. The highest BCUT2D eigenvalue weighted by atomic mass is 32.1. The Morgan fingerprint density at radius 2 is 2.00 bits per heavy atom. The van der Waals surface area contributed by atoms with Gasteiger partial charge in [0.25, 0.3) is 0 Å². The van der Waals surface area contributed by atoms with Gasteiger partial charge in [-0.2, -0.15) is 11.3 Å². The van der Waals surface area contributed by atoms with Crippen molar-refractivity contribution in [1.29, 1.82) is 0 Å². The van der Waals surface area contributed by atoms with Gasteiger partial charge in [0.2, 0.25) is 5.91 Å². The van der Waals surface area contributed by atoms with E-state index in [4.69, 9.17) is 0 Å². The van der Waals surface area contributed by atoms with E-state index >= 15 is 0 Å². The van der Waals surface area contributed by atoms with Gasteiger partial charge in [0.1, 0.15) is 0 Å². The molecular formula is C15H15N3O2S. The average molecular weight is 301 g/mol. The van der Waals surface area contributed by atoms with Gasteiger partial charge in [-0.15, -0.1) is 0 Å². The molecule has 0 saturated heterocycles. The molecule has 5 nitrogen and oxygen atoms in total. The summed E-state index contributed by atoms with van der Waals surface area (Å²) in [7, 11) is 0. The summed E-state index contributed by atoms with van der Waals surface area (Å²) in [5, 5.41) is 6.97. The molecule has 0 atom stereocenters. The Morgan fingerprint density at radius 1 is 1.14 bits per heavy atom. The molecule has 0 aliphatic rings. The van der Waals surface area contributed by atoms with Crippen LogP contribution in [-0.2, 0) is 17.8 Å². The number of imidazole rings is 1. The molecular weight excluding hydrogens is 286 g/mol. The molecule has 3 rings (SSSR count). The third-order valence-corrected chi connectivity index (χ3v) is 4.02. The Labute approximate surface area is 125 Å². The van der Waals surface area contributed by atoms with E-state index in [-0.39, 0.29) is 11.6 Å².